The van der Waals surface area contributed by atoms with Gasteiger partial charge in [-0.3, -0.25) is 0 Å². The van der Waals surface area contributed by atoms with E-state index in [-0.39, 0.29) is 0 Å². The molecule has 0 saturated heterocycles. The first-order valence-electron chi connectivity index (χ1n) is 3.91. The fourth-order valence-corrected chi connectivity index (χ4v) is 2.23. The summed E-state index contributed by atoms with van der Waals surface area (Å²) in [4.78, 5) is 0. The van der Waals surface area contributed by atoms with Crippen molar-refractivity contribution in [3.05, 3.63) is 11.9 Å². The molecular weight excluding hydrogens is 174 g/mol. The number of hydrogen-bond acceptors (Lipinski definition) is 3. The minimum atomic E-state index is -0.988. The molecule has 0 radical (unpaired) electrons. The molecule has 2 N–H and O–H groups in total. The van der Waals surface area contributed by atoms with Crippen molar-refractivity contribution in [2.75, 3.05) is 5.73 Å². The number of anilines is 1. The van der Waals surface area contributed by atoms with E-state index in [2.05, 4.69) is 5.10 Å². The molecule has 0 aliphatic heterocycles. The van der Waals surface area contributed by atoms with Gasteiger partial charge in [0.2, 0.25) is 0 Å². The fourth-order valence-electron chi connectivity index (χ4n) is 0.961. The predicted molar refractivity (Wildman–Crippen MR) is 47.9 cm³/mol. The standard InChI is InChI=1S/C7H11N3OS/c1-5-7(8)4-10(9-5)12(11)6-2-3-6/h4,6H,2-3,8H2,1H3. The van der Waals surface area contributed by atoms with Gasteiger partial charge in [-0.15, -0.1) is 0 Å². The maximum atomic E-state index is 11.5. The summed E-state index contributed by atoms with van der Waals surface area (Å²) in [6.07, 6.45) is 3.74. The predicted octanol–water partition coefficient (Wildman–Crippen LogP) is 0.448. The summed E-state index contributed by atoms with van der Waals surface area (Å²) >= 11 is 0. The van der Waals surface area contributed by atoms with E-state index >= 15 is 0 Å². The number of aryl methyl sites for hydroxylation is 1. The van der Waals surface area contributed by atoms with Crippen molar-refractivity contribution in [1.82, 2.24) is 9.19 Å². The third kappa shape index (κ3) is 1.24. The van der Waals surface area contributed by atoms with Crippen molar-refractivity contribution in [2.45, 2.75) is 25.0 Å². The number of nitrogens with zero attached hydrogens (tertiary/aromatic N) is 2. The molecule has 66 valence electrons. The Morgan fingerprint density at radius 3 is 2.83 bits per heavy atom. The summed E-state index contributed by atoms with van der Waals surface area (Å²) < 4.78 is 13.0. The van der Waals surface area contributed by atoms with E-state index in [4.69, 9.17) is 5.73 Å². The highest BCUT2D eigenvalue weighted by Crippen LogP contribution is 2.27. The van der Waals surface area contributed by atoms with Crippen LogP contribution in [-0.4, -0.2) is 18.6 Å². The Labute approximate surface area is 73.3 Å². The molecule has 1 aliphatic carbocycles. The molecule has 1 unspecified atom stereocenters. The van der Waals surface area contributed by atoms with Crippen molar-refractivity contribution in [1.29, 1.82) is 0 Å². The van der Waals surface area contributed by atoms with Crippen molar-refractivity contribution in [2.24, 2.45) is 0 Å². The highest BCUT2D eigenvalue weighted by molar-refractivity contribution is 7.84. The lowest BCUT2D eigenvalue weighted by Crippen LogP contribution is -2.09. The molecule has 1 heterocycles. The Hall–Kier alpha value is -0.840. The monoisotopic (exact) mass is 185 g/mol. The molecule has 0 aromatic carbocycles. The SMILES string of the molecule is Cc1nn(S(=O)C2CC2)cc1N. The van der Waals surface area contributed by atoms with Crippen LogP contribution in [0.5, 0.6) is 0 Å². The quantitative estimate of drug-likeness (QED) is 0.727. The van der Waals surface area contributed by atoms with E-state index in [1.165, 1.54) is 4.09 Å². The lowest BCUT2D eigenvalue weighted by atomic mass is 10.4. The zero-order valence-corrected chi connectivity index (χ0v) is 7.67. The van der Waals surface area contributed by atoms with Gasteiger partial charge in [0, 0.05) is 0 Å². The number of nitrogen functional groups attached to an aromatic ring is 1. The Morgan fingerprint density at radius 2 is 2.42 bits per heavy atom. The maximum Gasteiger partial charge on any atom is 0.143 e. The molecular formula is C7H11N3OS. The topological polar surface area (TPSA) is 60.9 Å². The largest absolute Gasteiger partial charge is 0.396 e. The number of rotatable bonds is 2. The molecule has 0 spiro atoms. The Kier molecular flexibility index (Phi) is 1.68. The fraction of sp³-hybridized carbons (Fsp3) is 0.571. The normalized spacial score (nSPS) is 19.4. The van der Waals surface area contributed by atoms with E-state index in [0.717, 1.165) is 18.5 Å². The molecule has 0 bridgehead atoms. The van der Waals surface area contributed by atoms with Crippen LogP contribution < -0.4 is 5.73 Å². The minimum absolute atomic E-state index is 0.309. The molecule has 1 aliphatic rings. The first kappa shape index (κ1) is 7.79. The van der Waals surface area contributed by atoms with Gasteiger partial charge in [0.25, 0.3) is 0 Å². The van der Waals surface area contributed by atoms with Gasteiger partial charge in [0.05, 0.1) is 22.8 Å². The van der Waals surface area contributed by atoms with E-state index in [0.29, 0.717) is 10.9 Å². The average molecular weight is 185 g/mol. The van der Waals surface area contributed by atoms with Gasteiger partial charge in [-0.1, -0.05) is 0 Å². The molecule has 5 heteroatoms. The third-order valence-electron chi connectivity index (χ3n) is 1.91. The van der Waals surface area contributed by atoms with Gasteiger partial charge < -0.3 is 5.73 Å². The van der Waals surface area contributed by atoms with Gasteiger partial charge >= 0.3 is 0 Å². The minimum Gasteiger partial charge on any atom is -0.396 e. The van der Waals surface area contributed by atoms with Crippen LogP contribution in [0.4, 0.5) is 5.69 Å². The van der Waals surface area contributed by atoms with Gasteiger partial charge in [-0.05, 0) is 19.8 Å². The zero-order chi connectivity index (χ0) is 8.72. The van der Waals surface area contributed by atoms with E-state index in [9.17, 15) is 4.21 Å². The van der Waals surface area contributed by atoms with E-state index < -0.39 is 11.0 Å². The second-order valence-electron chi connectivity index (χ2n) is 3.05. The van der Waals surface area contributed by atoms with Crippen LogP contribution in [0.2, 0.25) is 0 Å². The summed E-state index contributed by atoms with van der Waals surface area (Å²) in [6, 6.07) is 0. The second kappa shape index (κ2) is 2.58. The van der Waals surface area contributed by atoms with Gasteiger partial charge in [0.15, 0.2) is 0 Å². The lowest BCUT2D eigenvalue weighted by Gasteiger charge is -1.96. The van der Waals surface area contributed by atoms with Crippen LogP contribution in [0.1, 0.15) is 18.5 Å². The molecule has 0 amide bonds. The van der Waals surface area contributed by atoms with Crippen LogP contribution in [-0.2, 0) is 11.0 Å². The van der Waals surface area contributed by atoms with E-state index in [1.807, 2.05) is 6.92 Å². The summed E-state index contributed by atoms with van der Waals surface area (Å²) in [5, 5.41) is 4.37. The third-order valence-corrected chi connectivity index (χ3v) is 3.51. The number of aromatic nitrogens is 2. The van der Waals surface area contributed by atoms with E-state index in [1.54, 1.807) is 6.20 Å². The van der Waals surface area contributed by atoms with Gasteiger partial charge in [-0.25, -0.2) is 4.21 Å². The van der Waals surface area contributed by atoms with Crippen LogP contribution in [0.3, 0.4) is 0 Å². The summed E-state index contributed by atoms with van der Waals surface area (Å²) in [7, 11) is -0.988. The van der Waals surface area contributed by atoms with Crippen molar-refractivity contribution in [3.8, 4) is 0 Å². The van der Waals surface area contributed by atoms with Crippen LogP contribution >= 0.6 is 0 Å². The van der Waals surface area contributed by atoms with Crippen LogP contribution in [0.25, 0.3) is 0 Å². The molecule has 1 fully saturated rings. The molecule has 1 atom stereocenters. The highest BCUT2D eigenvalue weighted by atomic mass is 32.2. The van der Waals surface area contributed by atoms with Crippen LogP contribution in [0, 0.1) is 6.92 Å². The Balaban J connectivity index is 2.27. The molecule has 1 aromatic heterocycles. The zero-order valence-electron chi connectivity index (χ0n) is 6.86. The lowest BCUT2D eigenvalue weighted by molar-refractivity contribution is 0.669. The van der Waals surface area contributed by atoms with Gasteiger partial charge in [0.1, 0.15) is 11.0 Å². The average Bonchev–Trinajstić information content (AvgIpc) is 2.80. The maximum absolute atomic E-state index is 11.5. The number of nitrogens with two attached hydrogens (primary N) is 1. The summed E-state index contributed by atoms with van der Waals surface area (Å²) in [5.41, 5.74) is 6.95. The van der Waals surface area contributed by atoms with Crippen molar-refractivity contribution >= 4 is 16.7 Å². The second-order valence-corrected chi connectivity index (χ2v) is 4.64. The molecule has 1 aromatic rings. The number of hydrogen-bond donors (Lipinski definition) is 1. The smallest absolute Gasteiger partial charge is 0.143 e. The molecule has 2 rings (SSSR count). The first-order valence-corrected chi connectivity index (χ1v) is 5.08. The first-order chi connectivity index (χ1) is 5.68. The Bertz CT molecular complexity index is 310. The van der Waals surface area contributed by atoms with Crippen LogP contribution in [0.15, 0.2) is 6.20 Å². The molecule has 12 heavy (non-hydrogen) atoms. The van der Waals surface area contributed by atoms with Crippen molar-refractivity contribution < 1.29 is 4.21 Å². The Morgan fingerprint density at radius 1 is 1.75 bits per heavy atom. The summed E-state index contributed by atoms with van der Waals surface area (Å²) in [6.45, 7) is 1.82. The summed E-state index contributed by atoms with van der Waals surface area (Å²) in [5.74, 6) is 0. The highest BCUT2D eigenvalue weighted by Gasteiger charge is 2.30. The van der Waals surface area contributed by atoms with Gasteiger partial charge in [-0.2, -0.15) is 9.19 Å². The molecule has 1 saturated carbocycles. The molecule has 4 nitrogen and oxygen atoms in total. The van der Waals surface area contributed by atoms with Crippen molar-refractivity contribution in [3.63, 3.8) is 0 Å².